The second-order valence-electron chi connectivity index (χ2n) is 6.56. The molecule has 0 fully saturated rings. The average Bonchev–Trinajstić information content (AvgIpc) is 3.49. The number of hydrogen-bond donors (Lipinski definition) is 1. The van der Waals surface area contributed by atoms with Crippen molar-refractivity contribution in [1.82, 2.24) is 9.55 Å². The number of furan rings is 1. The second-order valence-corrected chi connectivity index (χ2v) is 8.56. The third kappa shape index (κ3) is 4.17. The second kappa shape index (κ2) is 8.86. The maximum absolute atomic E-state index is 12.7. The lowest BCUT2D eigenvalue weighted by molar-refractivity contribution is -0.116. The summed E-state index contributed by atoms with van der Waals surface area (Å²) in [5.41, 5.74) is 0.486. The molecule has 0 saturated heterocycles. The summed E-state index contributed by atoms with van der Waals surface area (Å²) in [7, 11) is 0. The maximum Gasteiger partial charge on any atom is 0.341 e. The Morgan fingerprint density at radius 3 is 2.87 bits per heavy atom. The number of nitrogens with one attached hydrogen (secondary N) is 1. The fourth-order valence-electron chi connectivity index (χ4n) is 3.09. The highest BCUT2D eigenvalue weighted by Gasteiger charge is 2.24. The molecule has 1 amide bonds. The molecule has 4 rings (SSSR count). The molecule has 0 saturated carbocycles. The molecule has 0 aromatic carbocycles. The van der Waals surface area contributed by atoms with Gasteiger partial charge in [-0.3, -0.25) is 14.2 Å². The molecule has 0 unspecified atom stereocenters. The molecule has 1 N–H and O–H groups in total. The number of nitrogens with zero attached hydrogens (tertiary/aromatic N) is 2. The van der Waals surface area contributed by atoms with Gasteiger partial charge in [0, 0.05) is 15.8 Å². The van der Waals surface area contributed by atoms with Gasteiger partial charge in [-0.15, -0.1) is 22.7 Å². The number of ether oxygens (including phenoxy) is 1. The van der Waals surface area contributed by atoms with E-state index in [4.69, 9.17) is 9.15 Å². The molecule has 4 aromatic rings. The Morgan fingerprint density at radius 2 is 2.16 bits per heavy atom. The highest BCUT2D eigenvalue weighted by Crippen LogP contribution is 2.36. The molecule has 0 bridgehead atoms. The number of fused-ring (bicyclic) bond motifs is 1. The Morgan fingerprint density at radius 1 is 1.32 bits per heavy atom. The fraction of sp³-hybridized carbons (Fsp3) is 0.238. The van der Waals surface area contributed by atoms with Crippen LogP contribution in [-0.2, 0) is 22.5 Å². The van der Waals surface area contributed by atoms with Crippen LogP contribution in [0.4, 0.5) is 5.00 Å². The van der Waals surface area contributed by atoms with Crippen LogP contribution in [0.5, 0.6) is 0 Å². The number of anilines is 1. The molecular weight excluding hydrogens is 438 g/mol. The number of esters is 1. The molecule has 0 aliphatic carbocycles. The molecule has 0 atom stereocenters. The van der Waals surface area contributed by atoms with E-state index in [9.17, 15) is 14.4 Å². The lowest BCUT2D eigenvalue weighted by atomic mass is 10.1. The number of amides is 1. The molecule has 31 heavy (non-hydrogen) atoms. The SMILES string of the molecule is CCOC(=O)c1c(-c2ccco2)csc1NC(=O)Cn1cnc2sc(CC)cc2c1=O. The van der Waals surface area contributed by atoms with Crippen LogP contribution in [0.2, 0.25) is 0 Å². The van der Waals surface area contributed by atoms with Gasteiger partial charge in [-0.25, -0.2) is 9.78 Å². The zero-order valence-corrected chi connectivity index (χ0v) is 18.5. The van der Waals surface area contributed by atoms with Gasteiger partial charge in [-0.1, -0.05) is 6.92 Å². The predicted octanol–water partition coefficient (Wildman–Crippen LogP) is 4.16. The van der Waals surface area contributed by atoms with Crippen LogP contribution in [0.3, 0.4) is 0 Å². The average molecular weight is 458 g/mol. The minimum atomic E-state index is -0.559. The van der Waals surface area contributed by atoms with Crippen molar-refractivity contribution in [3.63, 3.8) is 0 Å². The van der Waals surface area contributed by atoms with Crippen molar-refractivity contribution in [3.05, 3.63) is 57.0 Å². The topological polar surface area (TPSA) is 103 Å². The van der Waals surface area contributed by atoms with E-state index in [1.807, 2.05) is 13.0 Å². The summed E-state index contributed by atoms with van der Waals surface area (Å²) in [4.78, 5) is 44.0. The van der Waals surface area contributed by atoms with Crippen molar-refractivity contribution in [3.8, 4) is 11.3 Å². The van der Waals surface area contributed by atoms with Crippen LogP contribution in [0, 0.1) is 0 Å². The van der Waals surface area contributed by atoms with Gasteiger partial charge in [0.05, 0.1) is 24.6 Å². The Hall–Kier alpha value is -3.24. The first-order valence-corrected chi connectivity index (χ1v) is 11.3. The molecule has 4 heterocycles. The van der Waals surface area contributed by atoms with E-state index in [2.05, 4.69) is 10.3 Å². The lowest BCUT2D eigenvalue weighted by Crippen LogP contribution is -2.27. The van der Waals surface area contributed by atoms with Crippen LogP contribution in [0.15, 0.2) is 45.4 Å². The van der Waals surface area contributed by atoms with Gasteiger partial charge >= 0.3 is 5.97 Å². The molecule has 160 valence electrons. The highest BCUT2D eigenvalue weighted by atomic mass is 32.1. The molecule has 0 radical (unpaired) electrons. The quantitative estimate of drug-likeness (QED) is 0.418. The van der Waals surface area contributed by atoms with Crippen molar-refractivity contribution in [2.75, 3.05) is 11.9 Å². The highest BCUT2D eigenvalue weighted by molar-refractivity contribution is 7.18. The molecule has 10 heteroatoms. The maximum atomic E-state index is 12.7. The van der Waals surface area contributed by atoms with Gasteiger partial charge in [-0.05, 0) is 31.5 Å². The van der Waals surface area contributed by atoms with Crippen molar-refractivity contribution >= 4 is 49.8 Å². The van der Waals surface area contributed by atoms with Crippen LogP contribution in [-0.4, -0.2) is 28.0 Å². The van der Waals surface area contributed by atoms with E-state index in [1.54, 1.807) is 24.4 Å². The van der Waals surface area contributed by atoms with E-state index in [0.29, 0.717) is 26.5 Å². The van der Waals surface area contributed by atoms with Gasteiger partial charge in [0.25, 0.3) is 5.56 Å². The van der Waals surface area contributed by atoms with E-state index in [1.165, 1.54) is 39.8 Å². The largest absolute Gasteiger partial charge is 0.464 e. The monoisotopic (exact) mass is 457 g/mol. The molecule has 0 aliphatic rings. The number of aryl methyl sites for hydroxylation is 1. The standard InChI is InChI=1S/C21H19N3O5S2/c1-3-12-8-13-18(31-12)22-11-24(20(13)26)9-16(25)23-19-17(21(27)28-4-2)14(10-30-19)15-6-5-7-29-15/h5-8,10-11H,3-4,9H2,1-2H3,(H,23,25). The summed E-state index contributed by atoms with van der Waals surface area (Å²) >= 11 is 2.66. The number of rotatable bonds is 7. The third-order valence-corrected chi connectivity index (χ3v) is 6.62. The van der Waals surface area contributed by atoms with Gasteiger partial charge in [0.1, 0.15) is 27.7 Å². The van der Waals surface area contributed by atoms with Crippen LogP contribution >= 0.6 is 22.7 Å². The van der Waals surface area contributed by atoms with Gasteiger partial charge in [0.15, 0.2) is 0 Å². The summed E-state index contributed by atoms with van der Waals surface area (Å²) < 4.78 is 11.8. The van der Waals surface area contributed by atoms with Gasteiger partial charge < -0.3 is 14.5 Å². The molecule has 0 aliphatic heterocycles. The molecule has 8 nitrogen and oxygen atoms in total. The fourth-order valence-corrected chi connectivity index (χ4v) is 4.97. The number of thiophene rings is 2. The van der Waals surface area contributed by atoms with Crippen molar-refractivity contribution in [1.29, 1.82) is 0 Å². The third-order valence-electron chi connectivity index (χ3n) is 4.54. The molecule has 0 spiro atoms. The normalized spacial score (nSPS) is 11.0. The first-order valence-electron chi connectivity index (χ1n) is 9.62. The Labute approximate surface area is 185 Å². The number of carbonyl (C=O) groups is 2. The summed E-state index contributed by atoms with van der Waals surface area (Å²) in [6, 6.07) is 5.25. The minimum absolute atomic E-state index is 0.196. The zero-order chi connectivity index (χ0) is 22.0. The first-order chi connectivity index (χ1) is 15.0. The summed E-state index contributed by atoms with van der Waals surface area (Å²) in [5.74, 6) is -0.515. The molecule has 4 aromatic heterocycles. The van der Waals surface area contributed by atoms with Crippen molar-refractivity contribution in [2.24, 2.45) is 0 Å². The Bertz CT molecular complexity index is 1300. The van der Waals surface area contributed by atoms with E-state index < -0.39 is 11.9 Å². The Balaban J connectivity index is 1.60. The van der Waals surface area contributed by atoms with E-state index in [-0.39, 0.29) is 24.3 Å². The van der Waals surface area contributed by atoms with Crippen LogP contribution < -0.4 is 10.9 Å². The van der Waals surface area contributed by atoms with E-state index >= 15 is 0 Å². The summed E-state index contributed by atoms with van der Waals surface area (Å²) in [6.45, 7) is 3.69. The number of hydrogen-bond acceptors (Lipinski definition) is 8. The van der Waals surface area contributed by atoms with Crippen LogP contribution in [0.25, 0.3) is 21.5 Å². The smallest absolute Gasteiger partial charge is 0.341 e. The van der Waals surface area contributed by atoms with Gasteiger partial charge in [-0.2, -0.15) is 0 Å². The summed E-state index contributed by atoms with van der Waals surface area (Å²) in [6.07, 6.45) is 3.69. The minimum Gasteiger partial charge on any atom is -0.464 e. The van der Waals surface area contributed by atoms with E-state index in [0.717, 1.165) is 11.3 Å². The Kier molecular flexibility index (Phi) is 6.01. The van der Waals surface area contributed by atoms with Crippen molar-refractivity contribution in [2.45, 2.75) is 26.8 Å². The lowest BCUT2D eigenvalue weighted by Gasteiger charge is -2.09. The number of carbonyl (C=O) groups excluding carboxylic acids is 2. The van der Waals surface area contributed by atoms with Gasteiger partial charge in [0.2, 0.25) is 5.91 Å². The zero-order valence-electron chi connectivity index (χ0n) is 16.8. The predicted molar refractivity (Wildman–Crippen MR) is 120 cm³/mol. The molecular formula is C21H19N3O5S2. The van der Waals surface area contributed by atoms with Crippen LogP contribution in [0.1, 0.15) is 29.1 Å². The summed E-state index contributed by atoms with van der Waals surface area (Å²) in [5, 5.41) is 5.28. The number of aromatic nitrogens is 2. The van der Waals surface area contributed by atoms with Crippen molar-refractivity contribution < 1.29 is 18.7 Å². The first kappa shape index (κ1) is 21.0.